The molecule has 2 N–H and O–H groups in total. The largest absolute Gasteiger partial charge is 0.484 e. The summed E-state index contributed by atoms with van der Waals surface area (Å²) in [6, 6.07) is 5.08. The van der Waals surface area contributed by atoms with E-state index in [4.69, 9.17) is 9.88 Å². The van der Waals surface area contributed by atoms with Gasteiger partial charge in [0.25, 0.3) is 0 Å². The quantitative estimate of drug-likeness (QED) is 0.915. The summed E-state index contributed by atoms with van der Waals surface area (Å²) >= 11 is 0. The monoisotopic (exact) mass is 299 g/mol. The van der Waals surface area contributed by atoms with E-state index < -0.39 is 15.8 Å². The molecule has 2 rings (SSSR count). The van der Waals surface area contributed by atoms with Crippen LogP contribution < -0.4 is 9.88 Å². The predicted molar refractivity (Wildman–Crippen MR) is 70.1 cm³/mol. The minimum atomic E-state index is -3.92. The van der Waals surface area contributed by atoms with E-state index in [1.807, 2.05) is 13.0 Å². The summed E-state index contributed by atoms with van der Waals surface area (Å²) in [5, 5.41) is 9.06. The lowest BCUT2D eigenvalue weighted by Gasteiger charge is -2.08. The van der Waals surface area contributed by atoms with E-state index in [-0.39, 0.29) is 17.3 Å². The van der Waals surface area contributed by atoms with Gasteiger partial charge in [-0.05, 0) is 31.2 Å². The highest BCUT2D eigenvalue weighted by atomic mass is 32.2. The standard InChI is InChI=1S/C12H14FN3O3S/c1-8-5-9(16(2)15-8)7-19-12-4-3-10(6-11(12)13)20(14,17)18/h3-6H,7H2,1-2H3,(H2,14,17,18). The van der Waals surface area contributed by atoms with Crippen molar-refractivity contribution < 1.29 is 17.5 Å². The number of benzene rings is 1. The second kappa shape index (κ2) is 5.22. The minimum absolute atomic E-state index is 0.0451. The summed E-state index contributed by atoms with van der Waals surface area (Å²) in [7, 11) is -2.17. The summed E-state index contributed by atoms with van der Waals surface area (Å²) in [5.74, 6) is -0.827. The second-order valence-electron chi connectivity index (χ2n) is 4.33. The first-order valence-corrected chi connectivity index (χ1v) is 7.26. The van der Waals surface area contributed by atoms with Gasteiger partial charge in [0.05, 0.1) is 16.3 Å². The molecular formula is C12H14FN3O3S. The first-order chi connectivity index (χ1) is 9.27. The zero-order valence-corrected chi connectivity index (χ0v) is 11.8. The topological polar surface area (TPSA) is 87.2 Å². The molecule has 20 heavy (non-hydrogen) atoms. The smallest absolute Gasteiger partial charge is 0.238 e. The van der Waals surface area contributed by atoms with E-state index in [1.54, 1.807) is 11.7 Å². The van der Waals surface area contributed by atoms with Crippen molar-refractivity contribution in [3.8, 4) is 5.75 Å². The van der Waals surface area contributed by atoms with Crippen molar-refractivity contribution in [2.75, 3.05) is 0 Å². The average Bonchev–Trinajstić information content (AvgIpc) is 2.65. The molecule has 0 atom stereocenters. The highest BCUT2D eigenvalue weighted by Crippen LogP contribution is 2.21. The second-order valence-corrected chi connectivity index (χ2v) is 5.89. The van der Waals surface area contributed by atoms with E-state index in [0.717, 1.165) is 17.5 Å². The van der Waals surface area contributed by atoms with Gasteiger partial charge in [-0.15, -0.1) is 0 Å². The highest BCUT2D eigenvalue weighted by Gasteiger charge is 2.13. The molecule has 8 heteroatoms. The molecule has 108 valence electrons. The first-order valence-electron chi connectivity index (χ1n) is 5.72. The number of primary sulfonamides is 1. The lowest BCUT2D eigenvalue weighted by atomic mass is 10.3. The molecule has 0 saturated heterocycles. The third-order valence-corrected chi connectivity index (χ3v) is 3.62. The lowest BCUT2D eigenvalue weighted by molar-refractivity contribution is 0.280. The van der Waals surface area contributed by atoms with Crippen LogP contribution in [0.1, 0.15) is 11.4 Å². The van der Waals surface area contributed by atoms with Crippen LogP contribution in [0.15, 0.2) is 29.2 Å². The number of halogens is 1. The van der Waals surface area contributed by atoms with E-state index >= 15 is 0 Å². The van der Waals surface area contributed by atoms with Crippen molar-refractivity contribution in [2.24, 2.45) is 12.2 Å². The zero-order valence-electron chi connectivity index (χ0n) is 11.0. The van der Waals surface area contributed by atoms with E-state index in [2.05, 4.69) is 5.10 Å². The molecule has 0 amide bonds. The number of nitrogens with two attached hydrogens (primary N) is 1. The molecule has 0 spiro atoms. The van der Waals surface area contributed by atoms with Crippen molar-refractivity contribution in [1.29, 1.82) is 0 Å². The Morgan fingerprint density at radius 3 is 2.60 bits per heavy atom. The summed E-state index contributed by atoms with van der Waals surface area (Å²) in [4.78, 5) is -0.293. The Hall–Kier alpha value is -1.93. The van der Waals surface area contributed by atoms with Crippen molar-refractivity contribution in [2.45, 2.75) is 18.4 Å². The molecule has 1 aromatic carbocycles. The van der Waals surface area contributed by atoms with Gasteiger partial charge < -0.3 is 4.74 Å². The van der Waals surface area contributed by atoms with Crippen LogP contribution >= 0.6 is 0 Å². The van der Waals surface area contributed by atoms with Gasteiger partial charge in [0.15, 0.2) is 11.6 Å². The molecule has 1 heterocycles. The molecule has 0 bridgehead atoms. The predicted octanol–water partition coefficient (Wildman–Crippen LogP) is 1.09. The van der Waals surface area contributed by atoms with Crippen LogP contribution in [0.3, 0.4) is 0 Å². The number of aryl methyl sites for hydroxylation is 2. The first kappa shape index (κ1) is 14.5. The fraction of sp³-hybridized carbons (Fsp3) is 0.250. The molecule has 0 aliphatic heterocycles. The van der Waals surface area contributed by atoms with Crippen LogP contribution in [0.2, 0.25) is 0 Å². The van der Waals surface area contributed by atoms with Gasteiger partial charge in [-0.2, -0.15) is 5.10 Å². The number of nitrogens with zero attached hydrogens (tertiary/aromatic N) is 2. The van der Waals surface area contributed by atoms with Gasteiger partial charge in [0.1, 0.15) is 6.61 Å². The van der Waals surface area contributed by atoms with Gasteiger partial charge in [0, 0.05) is 7.05 Å². The van der Waals surface area contributed by atoms with Crippen molar-refractivity contribution in [3.05, 3.63) is 41.5 Å². The van der Waals surface area contributed by atoms with Crippen LogP contribution in [0.5, 0.6) is 5.75 Å². The summed E-state index contributed by atoms with van der Waals surface area (Å²) in [5.41, 5.74) is 1.61. The minimum Gasteiger partial charge on any atom is -0.484 e. The van der Waals surface area contributed by atoms with Gasteiger partial charge in [-0.25, -0.2) is 17.9 Å². The Morgan fingerprint density at radius 1 is 1.40 bits per heavy atom. The molecule has 0 radical (unpaired) electrons. The summed E-state index contributed by atoms with van der Waals surface area (Å²) in [6.45, 7) is 1.97. The Balaban J connectivity index is 2.17. The van der Waals surface area contributed by atoms with Crippen LogP contribution in [-0.2, 0) is 23.7 Å². The van der Waals surface area contributed by atoms with Gasteiger partial charge >= 0.3 is 0 Å². The Labute approximate surface area is 116 Å². The molecule has 6 nitrogen and oxygen atoms in total. The summed E-state index contributed by atoms with van der Waals surface area (Å²) < 4.78 is 42.8. The Bertz CT molecular complexity index is 740. The maximum Gasteiger partial charge on any atom is 0.238 e. The van der Waals surface area contributed by atoms with E-state index in [0.29, 0.717) is 0 Å². The number of hydrogen-bond donors (Lipinski definition) is 1. The van der Waals surface area contributed by atoms with Gasteiger partial charge in [0.2, 0.25) is 10.0 Å². The zero-order chi connectivity index (χ0) is 14.9. The third-order valence-electron chi connectivity index (χ3n) is 2.71. The number of sulfonamides is 1. The van der Waals surface area contributed by atoms with Crippen molar-refractivity contribution >= 4 is 10.0 Å². The fourth-order valence-electron chi connectivity index (χ4n) is 1.73. The van der Waals surface area contributed by atoms with E-state index in [1.165, 1.54) is 12.1 Å². The number of rotatable bonds is 4. The lowest BCUT2D eigenvalue weighted by Crippen LogP contribution is -2.12. The number of aromatic nitrogens is 2. The van der Waals surface area contributed by atoms with Gasteiger partial charge in [-0.3, -0.25) is 4.68 Å². The fourth-order valence-corrected chi connectivity index (χ4v) is 2.25. The molecule has 2 aromatic rings. The number of hydrogen-bond acceptors (Lipinski definition) is 4. The average molecular weight is 299 g/mol. The van der Waals surface area contributed by atoms with Crippen molar-refractivity contribution in [3.63, 3.8) is 0 Å². The van der Waals surface area contributed by atoms with Crippen LogP contribution in [0.4, 0.5) is 4.39 Å². The molecule has 0 fully saturated rings. The highest BCUT2D eigenvalue weighted by molar-refractivity contribution is 7.89. The molecular weight excluding hydrogens is 285 g/mol. The molecule has 1 aromatic heterocycles. The van der Waals surface area contributed by atoms with Gasteiger partial charge in [-0.1, -0.05) is 0 Å². The molecule has 0 saturated carbocycles. The maximum absolute atomic E-state index is 13.7. The molecule has 0 aliphatic carbocycles. The molecule has 0 unspecified atom stereocenters. The van der Waals surface area contributed by atoms with E-state index in [9.17, 15) is 12.8 Å². The van der Waals surface area contributed by atoms with Crippen LogP contribution in [0.25, 0.3) is 0 Å². The van der Waals surface area contributed by atoms with Crippen LogP contribution in [-0.4, -0.2) is 18.2 Å². The van der Waals surface area contributed by atoms with Crippen molar-refractivity contribution in [1.82, 2.24) is 9.78 Å². The Morgan fingerprint density at radius 2 is 2.10 bits per heavy atom. The Kier molecular flexibility index (Phi) is 3.78. The number of ether oxygens (including phenoxy) is 1. The van der Waals surface area contributed by atoms with Crippen LogP contribution in [0, 0.1) is 12.7 Å². The maximum atomic E-state index is 13.7. The SMILES string of the molecule is Cc1cc(COc2ccc(S(N)(=O)=O)cc2F)n(C)n1. The molecule has 0 aliphatic rings. The summed E-state index contributed by atoms with van der Waals surface area (Å²) in [6.07, 6.45) is 0. The third kappa shape index (κ3) is 3.14. The normalized spacial score (nSPS) is 11.6.